The molecular weight excluding hydrogens is 367 g/mol. The first-order chi connectivity index (χ1) is 11.1. The summed E-state index contributed by atoms with van der Waals surface area (Å²) in [5.41, 5.74) is 0.0207. The predicted molar refractivity (Wildman–Crippen MR) is 84.2 cm³/mol. The minimum Gasteiger partial charge on any atom is -0.395 e. The number of benzene rings is 2. The highest BCUT2D eigenvalue weighted by atomic mass is 35.5. The molecule has 0 amide bonds. The lowest BCUT2D eigenvalue weighted by atomic mass is 10.0. The van der Waals surface area contributed by atoms with Gasteiger partial charge in [0.2, 0.25) is 10.0 Å². The summed E-state index contributed by atoms with van der Waals surface area (Å²) in [5, 5.41) is 8.23. The second-order valence-electron chi connectivity index (χ2n) is 4.84. The van der Waals surface area contributed by atoms with E-state index in [-0.39, 0.29) is 18.0 Å². The Labute approximate surface area is 141 Å². The highest BCUT2D eigenvalue weighted by Crippen LogP contribution is 2.36. The Bertz CT molecular complexity index is 821. The van der Waals surface area contributed by atoms with Crippen LogP contribution in [0.3, 0.4) is 0 Å². The molecule has 0 aliphatic rings. The Kier molecular flexibility index (Phi) is 5.54. The van der Waals surface area contributed by atoms with E-state index in [1.165, 1.54) is 36.4 Å². The maximum Gasteiger partial charge on any atom is 0.417 e. The second kappa shape index (κ2) is 7.10. The first-order valence-electron chi connectivity index (χ1n) is 6.73. The van der Waals surface area contributed by atoms with Crippen molar-refractivity contribution in [1.82, 2.24) is 4.72 Å². The Balaban J connectivity index is 2.30. The summed E-state index contributed by atoms with van der Waals surface area (Å²) in [6, 6.07) is 8.89. The zero-order valence-corrected chi connectivity index (χ0v) is 13.7. The van der Waals surface area contributed by atoms with E-state index in [9.17, 15) is 21.6 Å². The Morgan fingerprint density at radius 3 is 2.12 bits per heavy atom. The molecule has 2 aromatic rings. The maximum absolute atomic E-state index is 12.7. The van der Waals surface area contributed by atoms with Crippen molar-refractivity contribution in [3.63, 3.8) is 0 Å². The zero-order valence-electron chi connectivity index (χ0n) is 12.1. The topological polar surface area (TPSA) is 66.4 Å². The fraction of sp³-hybridized carbons (Fsp3) is 0.200. The SMILES string of the molecule is O=S(=O)(NCCO)c1ccc(-c2ccc(C(F)(F)F)c(Cl)c2)cc1. The van der Waals surface area contributed by atoms with E-state index in [1.54, 1.807) is 0 Å². The number of hydrogen-bond donors (Lipinski definition) is 2. The van der Waals surface area contributed by atoms with Crippen molar-refractivity contribution in [1.29, 1.82) is 0 Å². The first-order valence-corrected chi connectivity index (χ1v) is 8.59. The van der Waals surface area contributed by atoms with Crippen LogP contribution < -0.4 is 4.72 Å². The fourth-order valence-corrected chi connectivity index (χ4v) is 3.32. The number of aliphatic hydroxyl groups excluding tert-OH is 1. The molecule has 0 aromatic heterocycles. The largest absolute Gasteiger partial charge is 0.417 e. The summed E-state index contributed by atoms with van der Waals surface area (Å²) in [7, 11) is -3.74. The van der Waals surface area contributed by atoms with Gasteiger partial charge < -0.3 is 5.11 Å². The van der Waals surface area contributed by atoms with Crippen LogP contribution >= 0.6 is 11.6 Å². The lowest BCUT2D eigenvalue weighted by molar-refractivity contribution is -0.137. The van der Waals surface area contributed by atoms with Crippen LogP contribution in [-0.4, -0.2) is 26.7 Å². The summed E-state index contributed by atoms with van der Waals surface area (Å²) < 4.78 is 64.0. The van der Waals surface area contributed by atoms with Gasteiger partial charge in [0, 0.05) is 6.54 Å². The maximum atomic E-state index is 12.7. The third-order valence-corrected chi connectivity index (χ3v) is 4.97. The van der Waals surface area contributed by atoms with Crippen molar-refractivity contribution in [3.05, 3.63) is 53.1 Å². The van der Waals surface area contributed by atoms with Gasteiger partial charge in [-0.15, -0.1) is 0 Å². The number of sulfonamides is 1. The molecule has 0 atom stereocenters. The third kappa shape index (κ3) is 4.27. The number of halogens is 4. The van der Waals surface area contributed by atoms with Crippen molar-refractivity contribution in [2.75, 3.05) is 13.2 Å². The minimum atomic E-state index is -4.54. The van der Waals surface area contributed by atoms with Crippen LogP contribution in [0.25, 0.3) is 11.1 Å². The van der Waals surface area contributed by atoms with Crippen LogP contribution in [-0.2, 0) is 16.2 Å². The van der Waals surface area contributed by atoms with E-state index < -0.39 is 26.8 Å². The van der Waals surface area contributed by atoms with Crippen molar-refractivity contribution in [2.24, 2.45) is 0 Å². The van der Waals surface area contributed by atoms with E-state index in [0.29, 0.717) is 11.1 Å². The monoisotopic (exact) mass is 379 g/mol. The average Bonchev–Trinajstić information content (AvgIpc) is 2.52. The molecule has 130 valence electrons. The van der Waals surface area contributed by atoms with Gasteiger partial charge in [-0.1, -0.05) is 29.8 Å². The molecule has 2 rings (SSSR count). The molecule has 0 radical (unpaired) electrons. The van der Waals surface area contributed by atoms with Gasteiger partial charge in [0.05, 0.1) is 22.1 Å². The quantitative estimate of drug-likeness (QED) is 0.837. The molecule has 0 bridgehead atoms. The summed E-state index contributed by atoms with van der Waals surface area (Å²) >= 11 is 5.68. The number of rotatable bonds is 5. The van der Waals surface area contributed by atoms with E-state index >= 15 is 0 Å². The van der Waals surface area contributed by atoms with Crippen molar-refractivity contribution in [3.8, 4) is 11.1 Å². The summed E-state index contributed by atoms with van der Waals surface area (Å²) in [5.74, 6) is 0. The molecule has 2 aromatic carbocycles. The van der Waals surface area contributed by atoms with Crippen molar-refractivity contribution in [2.45, 2.75) is 11.1 Å². The molecule has 24 heavy (non-hydrogen) atoms. The highest BCUT2D eigenvalue weighted by Gasteiger charge is 2.33. The molecule has 2 N–H and O–H groups in total. The Hall–Kier alpha value is -1.61. The molecule has 0 aliphatic carbocycles. The standard InChI is InChI=1S/C15H13ClF3NO3S/c16-14-9-11(3-6-13(14)15(17,18)19)10-1-4-12(5-2-10)24(22,23)20-7-8-21/h1-6,9,20-21H,7-8H2. The van der Waals surface area contributed by atoms with Gasteiger partial charge in [0.15, 0.2) is 0 Å². The number of nitrogens with one attached hydrogen (secondary N) is 1. The fourth-order valence-electron chi connectivity index (χ4n) is 2.01. The molecule has 0 aliphatic heterocycles. The highest BCUT2D eigenvalue weighted by molar-refractivity contribution is 7.89. The van der Waals surface area contributed by atoms with E-state index in [4.69, 9.17) is 16.7 Å². The zero-order chi connectivity index (χ0) is 18.0. The molecule has 0 saturated heterocycles. The van der Waals surface area contributed by atoms with Crippen LogP contribution in [0.15, 0.2) is 47.4 Å². The van der Waals surface area contributed by atoms with Gasteiger partial charge >= 0.3 is 6.18 Å². The van der Waals surface area contributed by atoms with E-state index in [0.717, 1.165) is 6.07 Å². The Morgan fingerprint density at radius 2 is 1.62 bits per heavy atom. The van der Waals surface area contributed by atoms with Gasteiger partial charge in [-0.2, -0.15) is 13.2 Å². The normalized spacial score (nSPS) is 12.4. The van der Waals surface area contributed by atoms with E-state index in [2.05, 4.69) is 4.72 Å². The van der Waals surface area contributed by atoms with Crippen LogP contribution in [0.4, 0.5) is 13.2 Å². The third-order valence-electron chi connectivity index (χ3n) is 3.18. The smallest absolute Gasteiger partial charge is 0.395 e. The van der Waals surface area contributed by atoms with Crippen LogP contribution in [0.1, 0.15) is 5.56 Å². The van der Waals surface area contributed by atoms with Gasteiger partial charge in [-0.05, 0) is 35.4 Å². The second-order valence-corrected chi connectivity index (χ2v) is 7.01. The van der Waals surface area contributed by atoms with Crippen LogP contribution in [0.2, 0.25) is 5.02 Å². The van der Waals surface area contributed by atoms with Crippen LogP contribution in [0.5, 0.6) is 0 Å². The van der Waals surface area contributed by atoms with Crippen molar-refractivity contribution < 1.29 is 26.7 Å². The summed E-state index contributed by atoms with van der Waals surface area (Å²) in [4.78, 5) is -0.0160. The molecule has 9 heteroatoms. The van der Waals surface area contributed by atoms with Crippen LogP contribution in [0, 0.1) is 0 Å². The molecule has 0 spiro atoms. The lowest BCUT2D eigenvalue weighted by Crippen LogP contribution is -2.26. The number of aliphatic hydroxyl groups is 1. The number of alkyl halides is 3. The Morgan fingerprint density at radius 1 is 1.04 bits per heavy atom. The van der Waals surface area contributed by atoms with Gasteiger partial charge in [0.25, 0.3) is 0 Å². The lowest BCUT2D eigenvalue weighted by Gasteiger charge is -2.11. The molecule has 4 nitrogen and oxygen atoms in total. The van der Waals surface area contributed by atoms with Crippen molar-refractivity contribution >= 4 is 21.6 Å². The molecule has 0 fully saturated rings. The van der Waals surface area contributed by atoms with E-state index in [1.807, 2.05) is 0 Å². The van der Waals surface area contributed by atoms with Gasteiger partial charge in [-0.3, -0.25) is 0 Å². The molecule has 0 unspecified atom stereocenters. The first kappa shape index (κ1) is 18.7. The molecule has 0 saturated carbocycles. The summed E-state index contributed by atoms with van der Waals surface area (Å²) in [6.45, 7) is -0.444. The predicted octanol–water partition coefficient (Wildman–Crippen LogP) is 3.30. The summed E-state index contributed by atoms with van der Waals surface area (Å²) in [6.07, 6.45) is -4.54. The number of hydrogen-bond acceptors (Lipinski definition) is 3. The molecule has 0 heterocycles. The average molecular weight is 380 g/mol. The molecular formula is C15H13ClF3NO3S. The van der Waals surface area contributed by atoms with Gasteiger partial charge in [0.1, 0.15) is 0 Å². The van der Waals surface area contributed by atoms with Gasteiger partial charge in [-0.25, -0.2) is 13.1 Å². The minimum absolute atomic E-state index is 0.0160.